The van der Waals surface area contributed by atoms with Crippen LogP contribution in [0.2, 0.25) is 0 Å². The number of fused-ring (bicyclic) bond motifs is 2. The van der Waals surface area contributed by atoms with E-state index >= 15 is 0 Å². The summed E-state index contributed by atoms with van der Waals surface area (Å²) in [7, 11) is 0. The Labute approximate surface area is 334 Å². The Morgan fingerprint density at radius 1 is 0.246 bits per heavy atom. The van der Waals surface area contributed by atoms with Crippen molar-refractivity contribution in [3.63, 3.8) is 0 Å². The van der Waals surface area contributed by atoms with Gasteiger partial charge >= 0.3 is 0 Å². The van der Waals surface area contributed by atoms with E-state index in [0.717, 1.165) is 22.6 Å². The highest BCUT2D eigenvalue weighted by Crippen LogP contribution is 2.45. The van der Waals surface area contributed by atoms with Crippen molar-refractivity contribution < 1.29 is 0 Å². The summed E-state index contributed by atoms with van der Waals surface area (Å²) in [6.07, 6.45) is 0. The Balaban J connectivity index is 1.17. The second-order valence-electron chi connectivity index (χ2n) is 14.5. The summed E-state index contributed by atoms with van der Waals surface area (Å²) in [6.45, 7) is 0. The van der Waals surface area contributed by atoms with Crippen molar-refractivity contribution in [2.24, 2.45) is 0 Å². The van der Waals surface area contributed by atoms with Gasteiger partial charge < -0.3 is 4.90 Å². The summed E-state index contributed by atoms with van der Waals surface area (Å²) in [5, 5.41) is 4.97. The van der Waals surface area contributed by atoms with Gasteiger partial charge in [-0.2, -0.15) is 0 Å². The van der Waals surface area contributed by atoms with E-state index in [9.17, 15) is 0 Å². The van der Waals surface area contributed by atoms with E-state index in [1.54, 1.807) is 0 Å². The van der Waals surface area contributed by atoms with Crippen LogP contribution in [0.15, 0.2) is 237 Å². The van der Waals surface area contributed by atoms with Gasteiger partial charge in [-0.3, -0.25) is 0 Å². The van der Waals surface area contributed by atoms with Crippen molar-refractivity contribution in [1.29, 1.82) is 0 Å². The molecule has 0 unspecified atom stereocenters. The summed E-state index contributed by atoms with van der Waals surface area (Å²) in [5.41, 5.74) is 15.3. The van der Waals surface area contributed by atoms with Gasteiger partial charge in [0, 0.05) is 16.9 Å². The molecule has 57 heavy (non-hydrogen) atoms. The number of hydrogen-bond acceptors (Lipinski definition) is 1. The molecule has 268 valence electrons. The zero-order valence-electron chi connectivity index (χ0n) is 31.5. The Bertz CT molecular complexity index is 2980. The maximum atomic E-state index is 2.42. The molecule has 0 heterocycles. The average molecular weight is 726 g/mol. The van der Waals surface area contributed by atoms with Crippen LogP contribution in [0.1, 0.15) is 0 Å². The normalized spacial score (nSPS) is 11.2. The summed E-state index contributed by atoms with van der Waals surface area (Å²) in [4.78, 5) is 2.42. The monoisotopic (exact) mass is 725 g/mol. The SMILES string of the molecule is c1ccc(-c2ccc(N(c3ccc(-c4ccc5ccccc5c4-c4ccccc4)cc3)c3cccc(-c4cccc5ccccc45)c3)c(-c3ccccc3)c2)cc1. The molecule has 0 radical (unpaired) electrons. The van der Waals surface area contributed by atoms with E-state index in [2.05, 4.69) is 241 Å². The highest BCUT2D eigenvalue weighted by Gasteiger charge is 2.20. The number of hydrogen-bond donors (Lipinski definition) is 0. The van der Waals surface area contributed by atoms with Gasteiger partial charge in [0.2, 0.25) is 0 Å². The van der Waals surface area contributed by atoms with Crippen LogP contribution in [0.4, 0.5) is 17.1 Å². The van der Waals surface area contributed by atoms with E-state index in [0.29, 0.717) is 0 Å². The zero-order valence-corrected chi connectivity index (χ0v) is 31.5. The molecule has 0 saturated carbocycles. The smallest absolute Gasteiger partial charge is 0.0540 e. The molecule has 0 atom stereocenters. The second kappa shape index (κ2) is 15.0. The maximum Gasteiger partial charge on any atom is 0.0540 e. The number of benzene rings is 10. The highest BCUT2D eigenvalue weighted by atomic mass is 15.1. The molecule has 1 heteroatoms. The van der Waals surface area contributed by atoms with Crippen molar-refractivity contribution in [3.8, 4) is 55.6 Å². The first-order valence-corrected chi connectivity index (χ1v) is 19.6. The average Bonchev–Trinajstić information content (AvgIpc) is 3.30. The molecule has 0 N–H and O–H groups in total. The first-order valence-electron chi connectivity index (χ1n) is 19.6. The minimum Gasteiger partial charge on any atom is -0.310 e. The lowest BCUT2D eigenvalue weighted by molar-refractivity contribution is 1.28. The lowest BCUT2D eigenvalue weighted by Gasteiger charge is -2.29. The van der Waals surface area contributed by atoms with Gasteiger partial charge in [-0.25, -0.2) is 0 Å². The molecule has 1 nitrogen and oxygen atoms in total. The van der Waals surface area contributed by atoms with Crippen LogP contribution in [0.5, 0.6) is 0 Å². The first-order chi connectivity index (χ1) is 28.3. The molecule has 10 aromatic carbocycles. The Hall–Kier alpha value is -7.48. The Morgan fingerprint density at radius 2 is 0.789 bits per heavy atom. The lowest BCUT2D eigenvalue weighted by Crippen LogP contribution is -2.11. The zero-order chi connectivity index (χ0) is 38.0. The topological polar surface area (TPSA) is 3.24 Å². The second-order valence-corrected chi connectivity index (χ2v) is 14.5. The molecule has 10 rings (SSSR count). The van der Waals surface area contributed by atoms with Crippen molar-refractivity contribution in [2.75, 3.05) is 4.90 Å². The molecule has 0 aliphatic rings. The van der Waals surface area contributed by atoms with Crippen molar-refractivity contribution in [3.05, 3.63) is 237 Å². The van der Waals surface area contributed by atoms with E-state index in [4.69, 9.17) is 0 Å². The standard InChI is InChI=1S/C56H39N/c1-4-16-40(17-5-1)46-33-37-55(54(39-46)42-18-6-2-7-19-42)57(49-26-14-25-47(38-49)51-29-15-24-41-20-10-12-27-50(41)51)48-34-30-44(31-35-48)53-36-32-43-21-11-13-28-52(43)56(53)45-22-8-3-9-23-45/h1-39H. The summed E-state index contributed by atoms with van der Waals surface area (Å²) >= 11 is 0. The van der Waals surface area contributed by atoms with Gasteiger partial charge in [0.05, 0.1) is 5.69 Å². The molecule has 0 aromatic heterocycles. The molecule has 0 bridgehead atoms. The van der Waals surface area contributed by atoms with Crippen molar-refractivity contribution >= 4 is 38.6 Å². The largest absolute Gasteiger partial charge is 0.310 e. The predicted octanol–water partition coefficient (Wildman–Crippen LogP) is 15.8. The molecule has 0 fully saturated rings. The molecule has 0 aliphatic carbocycles. The molecule has 10 aromatic rings. The van der Waals surface area contributed by atoms with E-state index < -0.39 is 0 Å². The first kappa shape index (κ1) is 34.0. The quantitative estimate of drug-likeness (QED) is 0.151. The van der Waals surface area contributed by atoms with Gasteiger partial charge in [-0.1, -0.05) is 200 Å². The minimum absolute atomic E-state index is 1.08. The van der Waals surface area contributed by atoms with Gasteiger partial charge in [-0.05, 0) is 108 Å². The molecule has 0 spiro atoms. The van der Waals surface area contributed by atoms with Crippen LogP contribution < -0.4 is 4.90 Å². The number of nitrogens with zero attached hydrogens (tertiary/aromatic N) is 1. The third-order valence-electron chi connectivity index (χ3n) is 11.1. The van der Waals surface area contributed by atoms with Crippen molar-refractivity contribution in [2.45, 2.75) is 0 Å². The fourth-order valence-electron chi connectivity index (χ4n) is 8.33. The van der Waals surface area contributed by atoms with Gasteiger partial charge in [0.15, 0.2) is 0 Å². The molecule has 0 aliphatic heterocycles. The van der Waals surface area contributed by atoms with E-state index in [1.807, 2.05) is 0 Å². The molecular weight excluding hydrogens is 687 g/mol. The predicted molar refractivity (Wildman–Crippen MR) is 243 cm³/mol. The number of rotatable bonds is 8. The van der Waals surface area contributed by atoms with Crippen LogP contribution in [0.3, 0.4) is 0 Å². The fourth-order valence-corrected chi connectivity index (χ4v) is 8.33. The summed E-state index contributed by atoms with van der Waals surface area (Å²) < 4.78 is 0. The molecule has 0 amide bonds. The minimum atomic E-state index is 1.08. The van der Waals surface area contributed by atoms with Crippen LogP contribution >= 0.6 is 0 Å². The third-order valence-corrected chi connectivity index (χ3v) is 11.1. The van der Waals surface area contributed by atoms with Crippen LogP contribution in [0.25, 0.3) is 77.2 Å². The summed E-state index contributed by atoms with van der Waals surface area (Å²) in [6, 6.07) is 85.7. The van der Waals surface area contributed by atoms with Gasteiger partial charge in [0.1, 0.15) is 0 Å². The van der Waals surface area contributed by atoms with E-state index in [1.165, 1.54) is 71.6 Å². The third kappa shape index (κ3) is 6.56. The van der Waals surface area contributed by atoms with Crippen LogP contribution in [-0.2, 0) is 0 Å². The lowest BCUT2D eigenvalue weighted by atomic mass is 9.89. The number of anilines is 3. The summed E-state index contributed by atoms with van der Waals surface area (Å²) in [5.74, 6) is 0. The highest BCUT2D eigenvalue weighted by molar-refractivity contribution is 6.04. The Morgan fingerprint density at radius 3 is 1.53 bits per heavy atom. The van der Waals surface area contributed by atoms with E-state index in [-0.39, 0.29) is 0 Å². The molecule has 0 saturated heterocycles. The Kier molecular flexibility index (Phi) is 8.95. The van der Waals surface area contributed by atoms with Crippen molar-refractivity contribution in [1.82, 2.24) is 0 Å². The maximum absolute atomic E-state index is 2.42. The van der Waals surface area contributed by atoms with Crippen LogP contribution in [-0.4, -0.2) is 0 Å². The van der Waals surface area contributed by atoms with Gasteiger partial charge in [0.25, 0.3) is 0 Å². The van der Waals surface area contributed by atoms with Gasteiger partial charge in [-0.15, -0.1) is 0 Å². The fraction of sp³-hybridized carbons (Fsp3) is 0. The van der Waals surface area contributed by atoms with Crippen LogP contribution in [0, 0.1) is 0 Å². The molecular formula is C56H39N.